The van der Waals surface area contributed by atoms with Crippen LogP contribution in [0.2, 0.25) is 0 Å². The maximum absolute atomic E-state index is 14.0. The third kappa shape index (κ3) is 6.77. The van der Waals surface area contributed by atoms with E-state index in [0.29, 0.717) is 23.3 Å². The summed E-state index contributed by atoms with van der Waals surface area (Å²) in [6.07, 6.45) is 1.73. The van der Waals surface area contributed by atoms with Crippen LogP contribution in [0, 0.1) is 30.9 Å². The standard InChI is InChI=1S/C39H37N5O4S/c1-7-48-37-20-25(4)35(22-34(37)24(2)3)38-41-36-11-9-8-10-33(36)39(45)43(38)40-23-28-21-26(5)42(27(28)6)29-12-16-31(17-13-29)49-32-18-14-30(15-19-32)44(46)47/h8-24H,7H2,1-6H3. The molecule has 6 rings (SSSR count). The Hall–Kier alpha value is -5.48. The topological polar surface area (TPSA) is 105 Å². The van der Waals surface area contributed by atoms with Crippen molar-refractivity contribution in [3.63, 3.8) is 0 Å². The Morgan fingerprint density at radius 1 is 0.959 bits per heavy atom. The molecule has 49 heavy (non-hydrogen) atoms. The molecule has 0 N–H and O–H groups in total. The molecular weight excluding hydrogens is 635 g/mol. The Morgan fingerprint density at radius 3 is 2.29 bits per heavy atom. The maximum atomic E-state index is 14.0. The molecule has 0 atom stereocenters. The SMILES string of the molecule is CCOc1cc(C)c(-c2nc3ccccc3c(=O)n2N=Cc2cc(C)n(-c3ccc(Sc4ccc([N+](=O)[O-])cc4)cc3)c2C)cc1C(C)C. The van der Waals surface area contributed by atoms with E-state index >= 15 is 0 Å². The summed E-state index contributed by atoms with van der Waals surface area (Å²) in [6, 6.07) is 28.2. The van der Waals surface area contributed by atoms with Crippen LogP contribution < -0.4 is 10.3 Å². The van der Waals surface area contributed by atoms with Crippen molar-refractivity contribution in [1.82, 2.24) is 14.2 Å². The van der Waals surface area contributed by atoms with Gasteiger partial charge in [0, 0.05) is 50.1 Å². The number of rotatable bonds is 10. The molecular formula is C39H37N5O4S. The van der Waals surface area contributed by atoms with Crippen molar-refractivity contribution in [3.05, 3.63) is 140 Å². The minimum absolute atomic E-state index is 0.0714. The Labute approximate surface area is 289 Å². The fourth-order valence-electron chi connectivity index (χ4n) is 5.95. The van der Waals surface area contributed by atoms with Gasteiger partial charge in [-0.05, 0) is 111 Å². The van der Waals surface area contributed by atoms with Gasteiger partial charge in [0.25, 0.3) is 11.2 Å². The third-order valence-electron chi connectivity index (χ3n) is 8.43. The van der Waals surface area contributed by atoms with Gasteiger partial charge in [-0.2, -0.15) is 9.78 Å². The van der Waals surface area contributed by atoms with E-state index in [1.165, 1.54) is 16.8 Å². The average molecular weight is 672 g/mol. The highest BCUT2D eigenvalue weighted by molar-refractivity contribution is 7.99. The fraction of sp³-hybridized carbons (Fsp3) is 0.205. The molecule has 0 aliphatic rings. The molecule has 0 amide bonds. The van der Waals surface area contributed by atoms with Crippen molar-refractivity contribution < 1.29 is 9.66 Å². The van der Waals surface area contributed by atoms with E-state index in [1.54, 1.807) is 36.2 Å². The van der Waals surface area contributed by atoms with Gasteiger partial charge in [0.1, 0.15) is 5.75 Å². The number of ether oxygens (including phenoxy) is 1. The number of para-hydroxylation sites is 1. The molecule has 0 radical (unpaired) electrons. The van der Waals surface area contributed by atoms with Gasteiger partial charge in [-0.3, -0.25) is 14.9 Å². The van der Waals surface area contributed by atoms with Crippen LogP contribution >= 0.6 is 11.8 Å². The van der Waals surface area contributed by atoms with E-state index in [2.05, 4.69) is 30.5 Å². The van der Waals surface area contributed by atoms with E-state index in [1.807, 2.05) is 76.2 Å². The number of nitrogens with zero attached hydrogens (tertiary/aromatic N) is 5. The van der Waals surface area contributed by atoms with Gasteiger partial charge < -0.3 is 9.30 Å². The molecule has 0 saturated heterocycles. The molecule has 2 heterocycles. The van der Waals surface area contributed by atoms with E-state index in [-0.39, 0.29) is 17.2 Å². The van der Waals surface area contributed by atoms with E-state index < -0.39 is 4.92 Å². The predicted molar refractivity (Wildman–Crippen MR) is 197 cm³/mol. The smallest absolute Gasteiger partial charge is 0.282 e. The zero-order valence-corrected chi connectivity index (χ0v) is 29.1. The molecule has 0 fully saturated rings. The van der Waals surface area contributed by atoms with Crippen molar-refractivity contribution in [2.45, 2.75) is 57.3 Å². The minimum atomic E-state index is -0.398. The normalized spacial score (nSPS) is 11.6. The van der Waals surface area contributed by atoms with Gasteiger partial charge in [0.15, 0.2) is 5.82 Å². The molecule has 2 aromatic heterocycles. The highest BCUT2D eigenvalue weighted by Crippen LogP contribution is 2.35. The summed E-state index contributed by atoms with van der Waals surface area (Å²) >= 11 is 1.54. The largest absolute Gasteiger partial charge is 0.494 e. The number of aryl methyl sites for hydroxylation is 2. The summed E-state index contributed by atoms with van der Waals surface area (Å²) in [4.78, 5) is 31.5. The molecule has 10 heteroatoms. The molecule has 6 aromatic rings. The maximum Gasteiger partial charge on any atom is 0.282 e. The number of non-ortho nitro benzene ring substituents is 1. The number of nitro benzene ring substituents is 1. The molecule has 0 spiro atoms. The molecule has 0 aliphatic heterocycles. The van der Waals surface area contributed by atoms with Crippen LogP contribution in [-0.4, -0.2) is 32.0 Å². The van der Waals surface area contributed by atoms with Crippen LogP contribution in [0.1, 0.15) is 54.8 Å². The van der Waals surface area contributed by atoms with Crippen LogP contribution in [0.15, 0.2) is 111 Å². The summed E-state index contributed by atoms with van der Waals surface area (Å²) in [5.41, 5.74) is 7.09. The van der Waals surface area contributed by atoms with Crippen LogP contribution in [0.4, 0.5) is 5.69 Å². The Kier molecular flexibility index (Phi) is 9.51. The first kappa shape index (κ1) is 33.4. The lowest BCUT2D eigenvalue weighted by molar-refractivity contribution is -0.384. The number of nitro groups is 1. The van der Waals surface area contributed by atoms with Crippen LogP contribution in [0.25, 0.3) is 28.0 Å². The first-order valence-electron chi connectivity index (χ1n) is 16.1. The number of fused-ring (bicyclic) bond motifs is 1. The first-order chi connectivity index (χ1) is 23.5. The second kappa shape index (κ2) is 13.9. The van der Waals surface area contributed by atoms with Crippen molar-refractivity contribution >= 4 is 34.6 Å². The lowest BCUT2D eigenvalue weighted by Crippen LogP contribution is -2.21. The minimum Gasteiger partial charge on any atom is -0.494 e. The molecule has 9 nitrogen and oxygen atoms in total. The molecule has 0 saturated carbocycles. The Balaban J connectivity index is 1.37. The number of hydrogen-bond donors (Lipinski definition) is 0. The van der Waals surface area contributed by atoms with Crippen LogP contribution in [-0.2, 0) is 0 Å². The second-order valence-electron chi connectivity index (χ2n) is 12.1. The monoisotopic (exact) mass is 671 g/mol. The fourth-order valence-corrected chi connectivity index (χ4v) is 6.76. The quantitative estimate of drug-likeness (QED) is 0.0817. The third-order valence-corrected chi connectivity index (χ3v) is 9.45. The summed E-state index contributed by atoms with van der Waals surface area (Å²) < 4.78 is 9.52. The van der Waals surface area contributed by atoms with E-state index in [0.717, 1.165) is 54.9 Å². The van der Waals surface area contributed by atoms with E-state index in [4.69, 9.17) is 14.8 Å². The number of aromatic nitrogens is 3. The van der Waals surface area contributed by atoms with Gasteiger partial charge in [-0.15, -0.1) is 0 Å². The molecule has 0 aliphatic carbocycles. The molecule has 0 bridgehead atoms. The van der Waals surface area contributed by atoms with Gasteiger partial charge in [-0.1, -0.05) is 37.7 Å². The lowest BCUT2D eigenvalue weighted by Gasteiger charge is -2.18. The second-order valence-corrected chi connectivity index (χ2v) is 13.3. The highest BCUT2D eigenvalue weighted by atomic mass is 32.2. The molecule has 0 unspecified atom stereocenters. The van der Waals surface area contributed by atoms with Gasteiger partial charge in [0.2, 0.25) is 0 Å². The zero-order chi connectivity index (χ0) is 34.8. The van der Waals surface area contributed by atoms with Crippen molar-refractivity contribution in [2.24, 2.45) is 5.10 Å². The van der Waals surface area contributed by atoms with Gasteiger partial charge >= 0.3 is 0 Å². The highest BCUT2D eigenvalue weighted by Gasteiger charge is 2.19. The zero-order valence-electron chi connectivity index (χ0n) is 28.3. The summed E-state index contributed by atoms with van der Waals surface area (Å²) in [6.45, 7) is 12.8. The number of benzene rings is 4. The van der Waals surface area contributed by atoms with Crippen molar-refractivity contribution in [1.29, 1.82) is 0 Å². The molecule has 4 aromatic carbocycles. The van der Waals surface area contributed by atoms with Crippen molar-refractivity contribution in [2.75, 3.05) is 6.61 Å². The average Bonchev–Trinajstić information content (AvgIpc) is 3.37. The first-order valence-corrected chi connectivity index (χ1v) is 16.9. The molecule has 248 valence electrons. The van der Waals surface area contributed by atoms with Gasteiger partial charge in [-0.25, -0.2) is 4.98 Å². The Bertz CT molecular complexity index is 2270. The summed E-state index contributed by atoms with van der Waals surface area (Å²) in [5, 5.41) is 16.3. The summed E-state index contributed by atoms with van der Waals surface area (Å²) in [7, 11) is 0. The lowest BCUT2D eigenvalue weighted by atomic mass is 9.96. The van der Waals surface area contributed by atoms with Crippen LogP contribution in [0.3, 0.4) is 0 Å². The predicted octanol–water partition coefficient (Wildman–Crippen LogP) is 9.24. The van der Waals surface area contributed by atoms with Crippen LogP contribution in [0.5, 0.6) is 5.75 Å². The summed E-state index contributed by atoms with van der Waals surface area (Å²) in [5.74, 6) is 1.50. The van der Waals surface area contributed by atoms with E-state index in [9.17, 15) is 14.9 Å². The van der Waals surface area contributed by atoms with Crippen molar-refractivity contribution in [3.8, 4) is 22.8 Å². The number of hydrogen-bond acceptors (Lipinski definition) is 7. The van der Waals surface area contributed by atoms with Gasteiger partial charge in [0.05, 0.1) is 28.6 Å². The Morgan fingerprint density at radius 2 is 1.63 bits per heavy atom.